The van der Waals surface area contributed by atoms with Crippen LogP contribution in [0.15, 0.2) is 66.7 Å². The molecule has 0 spiro atoms. The lowest BCUT2D eigenvalue weighted by atomic mass is 9.84. The van der Waals surface area contributed by atoms with Crippen molar-refractivity contribution in [2.45, 2.75) is 50.3 Å². The Labute approximate surface area is 252 Å². The minimum absolute atomic E-state index is 0.0622. The van der Waals surface area contributed by atoms with Crippen LogP contribution < -0.4 is 15.0 Å². The molecule has 6 rings (SSSR count). The number of rotatable bonds is 8. The lowest BCUT2D eigenvalue weighted by Gasteiger charge is -2.38. The number of aliphatic hydroxyl groups excluding tert-OH is 1. The van der Waals surface area contributed by atoms with Crippen LogP contribution in [0.25, 0.3) is 10.8 Å². The van der Waals surface area contributed by atoms with E-state index in [1.807, 2.05) is 65.6 Å². The molecule has 2 heterocycles. The Balaban J connectivity index is 1.20. The summed E-state index contributed by atoms with van der Waals surface area (Å²) in [5.74, 6) is 0.138. The first kappa shape index (κ1) is 29.0. The van der Waals surface area contributed by atoms with Gasteiger partial charge in [0.1, 0.15) is 17.8 Å². The number of carbonyl (C=O) groups is 3. The first-order valence-electron chi connectivity index (χ1n) is 15.3. The number of nitrogens with zero attached hydrogens (tertiary/aromatic N) is 3. The number of hydrogen-bond donors (Lipinski definition) is 2. The standard InChI is InChI=1S/C34H40N4O5/c1-43-31-12-5-4-11-29(31)36-15-17-37(18-16-36)34(42)28(20-23-13-14-24-7-2-3-8-26(24)19-23)35-32(40)30-21-27(39)22-38(30)33(41)25-9-6-10-25/h2-5,7-8,11-14,19,25,27-28,30,39H,6,9-10,15-18,20-22H2,1H3,(H,35,40)/t27-,28?,30+/m1/s1. The molecule has 3 aliphatic rings. The van der Waals surface area contributed by atoms with E-state index < -0.39 is 18.2 Å². The Morgan fingerprint density at radius 3 is 2.40 bits per heavy atom. The van der Waals surface area contributed by atoms with Gasteiger partial charge in [-0.1, -0.05) is 61.0 Å². The highest BCUT2D eigenvalue weighted by atomic mass is 16.5. The molecule has 3 fully saturated rings. The largest absolute Gasteiger partial charge is 0.495 e. The van der Waals surface area contributed by atoms with Gasteiger partial charge in [0.2, 0.25) is 17.7 Å². The summed E-state index contributed by atoms with van der Waals surface area (Å²) in [7, 11) is 1.66. The average molecular weight is 585 g/mol. The van der Waals surface area contributed by atoms with Gasteiger partial charge >= 0.3 is 0 Å². The number of benzene rings is 3. The monoisotopic (exact) mass is 584 g/mol. The first-order valence-corrected chi connectivity index (χ1v) is 15.3. The van der Waals surface area contributed by atoms with E-state index in [1.165, 1.54) is 4.90 Å². The fourth-order valence-electron chi connectivity index (χ4n) is 6.54. The van der Waals surface area contributed by atoms with Crippen molar-refractivity contribution in [3.63, 3.8) is 0 Å². The number of aliphatic hydroxyl groups is 1. The predicted molar refractivity (Wildman–Crippen MR) is 165 cm³/mol. The number of piperazine rings is 1. The van der Waals surface area contributed by atoms with Crippen molar-refractivity contribution in [2.24, 2.45) is 5.92 Å². The van der Waals surface area contributed by atoms with Crippen molar-refractivity contribution in [3.8, 4) is 5.75 Å². The molecular formula is C34H40N4O5. The number of β-amino-alcohol motifs (C(OH)–C–C–N with tert-alkyl or cyclic N) is 1. The number of methoxy groups -OCH3 is 1. The molecule has 0 aromatic heterocycles. The minimum atomic E-state index is -0.801. The minimum Gasteiger partial charge on any atom is -0.495 e. The molecule has 1 aliphatic carbocycles. The van der Waals surface area contributed by atoms with Crippen LogP contribution in [0.5, 0.6) is 5.75 Å². The highest BCUT2D eigenvalue weighted by Crippen LogP contribution is 2.32. The Hall–Kier alpha value is -4.11. The van der Waals surface area contributed by atoms with Crippen LogP contribution in [0, 0.1) is 5.92 Å². The van der Waals surface area contributed by atoms with Crippen LogP contribution in [0.4, 0.5) is 5.69 Å². The van der Waals surface area contributed by atoms with Crippen molar-refractivity contribution in [1.82, 2.24) is 15.1 Å². The third-order valence-corrected chi connectivity index (χ3v) is 9.20. The molecule has 3 amide bonds. The topological polar surface area (TPSA) is 102 Å². The lowest BCUT2D eigenvalue weighted by Crippen LogP contribution is -2.58. The van der Waals surface area contributed by atoms with Crippen LogP contribution in [-0.4, -0.2) is 90.6 Å². The van der Waals surface area contributed by atoms with Gasteiger partial charge in [-0.25, -0.2) is 0 Å². The summed E-state index contributed by atoms with van der Waals surface area (Å²) in [6, 6.07) is 20.4. The maximum atomic E-state index is 14.1. The molecular weight excluding hydrogens is 544 g/mol. The van der Waals surface area contributed by atoms with Crippen molar-refractivity contribution in [1.29, 1.82) is 0 Å². The van der Waals surface area contributed by atoms with Gasteiger partial charge in [0.15, 0.2) is 0 Å². The predicted octanol–water partition coefficient (Wildman–Crippen LogP) is 2.99. The normalized spacial score (nSPS) is 21.4. The van der Waals surface area contributed by atoms with Crippen LogP contribution in [0.2, 0.25) is 0 Å². The van der Waals surface area contributed by atoms with E-state index in [1.54, 1.807) is 7.11 Å². The zero-order chi connectivity index (χ0) is 29.9. The van der Waals surface area contributed by atoms with Crippen LogP contribution in [0.1, 0.15) is 31.2 Å². The van der Waals surface area contributed by atoms with E-state index in [-0.39, 0.29) is 36.6 Å². The molecule has 1 saturated carbocycles. The lowest BCUT2D eigenvalue weighted by molar-refractivity contribution is -0.144. The smallest absolute Gasteiger partial charge is 0.245 e. The van der Waals surface area contributed by atoms with Crippen LogP contribution in [-0.2, 0) is 20.8 Å². The van der Waals surface area contributed by atoms with Gasteiger partial charge < -0.3 is 29.9 Å². The van der Waals surface area contributed by atoms with Gasteiger partial charge in [0, 0.05) is 51.5 Å². The number of fused-ring (bicyclic) bond motifs is 1. The van der Waals surface area contributed by atoms with Crippen molar-refractivity contribution in [3.05, 3.63) is 72.3 Å². The second kappa shape index (κ2) is 12.6. The second-order valence-corrected chi connectivity index (χ2v) is 12.0. The Kier molecular flexibility index (Phi) is 8.51. The quantitative estimate of drug-likeness (QED) is 0.422. The zero-order valence-corrected chi connectivity index (χ0v) is 24.7. The number of hydrogen-bond acceptors (Lipinski definition) is 6. The highest BCUT2D eigenvalue weighted by molar-refractivity contribution is 5.93. The molecule has 1 unspecified atom stereocenters. The molecule has 0 bridgehead atoms. The molecule has 2 aliphatic heterocycles. The number of anilines is 1. The number of amides is 3. The average Bonchev–Trinajstić information content (AvgIpc) is 3.41. The number of likely N-dealkylation sites (tertiary alicyclic amines) is 1. The molecule has 3 atom stereocenters. The van der Waals surface area contributed by atoms with Gasteiger partial charge in [0.25, 0.3) is 0 Å². The number of carbonyl (C=O) groups excluding carboxylic acids is 3. The molecule has 0 radical (unpaired) electrons. The first-order chi connectivity index (χ1) is 20.9. The molecule has 9 nitrogen and oxygen atoms in total. The fourth-order valence-corrected chi connectivity index (χ4v) is 6.54. The second-order valence-electron chi connectivity index (χ2n) is 12.0. The summed E-state index contributed by atoms with van der Waals surface area (Å²) in [6.45, 7) is 2.45. The molecule has 43 heavy (non-hydrogen) atoms. The number of ether oxygens (including phenoxy) is 1. The van der Waals surface area contributed by atoms with Crippen molar-refractivity contribution in [2.75, 3.05) is 44.7 Å². The molecule has 3 aromatic rings. The fraction of sp³-hybridized carbons (Fsp3) is 0.441. The van der Waals surface area contributed by atoms with E-state index >= 15 is 0 Å². The van der Waals surface area contributed by atoms with E-state index in [2.05, 4.69) is 16.3 Å². The highest BCUT2D eigenvalue weighted by Gasteiger charge is 2.43. The summed E-state index contributed by atoms with van der Waals surface area (Å²) in [6.07, 6.45) is 2.41. The molecule has 2 saturated heterocycles. The zero-order valence-electron chi connectivity index (χ0n) is 24.7. The van der Waals surface area contributed by atoms with Gasteiger partial charge in [-0.15, -0.1) is 0 Å². The number of nitrogens with one attached hydrogen (secondary N) is 1. The Morgan fingerprint density at radius 1 is 0.953 bits per heavy atom. The van der Waals surface area contributed by atoms with Gasteiger partial charge in [-0.05, 0) is 41.3 Å². The third-order valence-electron chi connectivity index (χ3n) is 9.20. The third kappa shape index (κ3) is 6.18. The molecule has 9 heteroatoms. The van der Waals surface area contributed by atoms with Crippen molar-refractivity contribution < 1.29 is 24.2 Å². The SMILES string of the molecule is COc1ccccc1N1CCN(C(=O)C(Cc2ccc3ccccc3c2)NC(=O)[C@@H]2C[C@@H](O)CN2C(=O)C2CCC2)CC1. The number of para-hydroxylation sites is 2. The summed E-state index contributed by atoms with van der Waals surface area (Å²) in [5, 5.41) is 15.6. The Morgan fingerprint density at radius 2 is 1.67 bits per heavy atom. The van der Waals surface area contributed by atoms with E-state index in [0.29, 0.717) is 32.6 Å². The summed E-state index contributed by atoms with van der Waals surface area (Å²) < 4.78 is 5.54. The maximum Gasteiger partial charge on any atom is 0.245 e. The Bertz CT molecular complexity index is 1480. The van der Waals surface area contributed by atoms with Gasteiger partial charge in [-0.3, -0.25) is 14.4 Å². The summed E-state index contributed by atoms with van der Waals surface area (Å²) >= 11 is 0. The van der Waals surface area contributed by atoms with Gasteiger partial charge in [0.05, 0.1) is 18.9 Å². The van der Waals surface area contributed by atoms with E-state index in [9.17, 15) is 19.5 Å². The molecule has 226 valence electrons. The van der Waals surface area contributed by atoms with E-state index in [4.69, 9.17) is 4.74 Å². The summed E-state index contributed by atoms with van der Waals surface area (Å²) in [4.78, 5) is 46.5. The maximum absolute atomic E-state index is 14.1. The summed E-state index contributed by atoms with van der Waals surface area (Å²) in [5.41, 5.74) is 1.94. The van der Waals surface area contributed by atoms with Crippen LogP contribution in [0.3, 0.4) is 0 Å². The van der Waals surface area contributed by atoms with E-state index in [0.717, 1.165) is 47.0 Å². The van der Waals surface area contributed by atoms with Gasteiger partial charge in [-0.2, -0.15) is 0 Å². The molecule has 3 aromatic carbocycles. The van der Waals surface area contributed by atoms with Crippen LogP contribution >= 0.6 is 0 Å². The van der Waals surface area contributed by atoms with Crippen molar-refractivity contribution >= 4 is 34.2 Å². The molecule has 2 N–H and O–H groups in total.